The first-order chi connectivity index (χ1) is 8.93. The molecule has 0 saturated heterocycles. The molecule has 0 aromatic heterocycles. The summed E-state index contributed by atoms with van der Waals surface area (Å²) in [7, 11) is 0. The van der Waals surface area contributed by atoms with Crippen molar-refractivity contribution in [2.75, 3.05) is 5.32 Å². The number of aromatic hydroxyl groups is 1. The van der Waals surface area contributed by atoms with E-state index in [-0.39, 0.29) is 17.4 Å². The predicted octanol–water partition coefficient (Wildman–Crippen LogP) is 2.18. The minimum Gasteiger partial charge on any atom is -0.507 e. The maximum absolute atomic E-state index is 11.6. The second-order valence-corrected chi connectivity index (χ2v) is 4.06. The van der Waals surface area contributed by atoms with Crippen LogP contribution in [0.25, 0.3) is 0 Å². The van der Waals surface area contributed by atoms with Crippen molar-refractivity contribution in [1.29, 1.82) is 0 Å². The number of nitrogens with one attached hydrogen (secondary N) is 2. The third kappa shape index (κ3) is 4.34. The highest BCUT2D eigenvalue weighted by molar-refractivity contribution is 5.95. The van der Waals surface area contributed by atoms with Gasteiger partial charge in [-0.05, 0) is 31.5 Å². The maximum atomic E-state index is 11.6. The number of phenols is 1. The van der Waals surface area contributed by atoms with E-state index in [9.17, 15) is 14.7 Å². The second-order valence-electron chi connectivity index (χ2n) is 4.06. The fraction of sp³-hybridized carbons (Fsp3) is 0.231. The largest absolute Gasteiger partial charge is 0.507 e. The normalized spacial score (nSPS) is 11.4. The molecule has 1 rings (SSSR count). The Balaban J connectivity index is 2.72. The highest BCUT2D eigenvalue weighted by atomic mass is 16.4. The lowest BCUT2D eigenvalue weighted by Crippen LogP contribution is -2.35. The minimum absolute atomic E-state index is 0.0754. The van der Waals surface area contributed by atoms with Crippen molar-refractivity contribution < 1.29 is 19.8 Å². The average Bonchev–Trinajstić information content (AvgIpc) is 2.31. The monoisotopic (exact) mass is 264 g/mol. The van der Waals surface area contributed by atoms with E-state index >= 15 is 0 Å². The molecule has 6 nitrogen and oxygen atoms in total. The van der Waals surface area contributed by atoms with Gasteiger partial charge < -0.3 is 20.8 Å². The molecule has 0 bridgehead atoms. The van der Waals surface area contributed by atoms with Crippen LogP contribution in [0.1, 0.15) is 23.7 Å². The number of carbonyl (C=O) groups excluding carboxylic acids is 1. The lowest BCUT2D eigenvalue weighted by atomic mass is 10.2. The van der Waals surface area contributed by atoms with E-state index in [0.717, 1.165) is 0 Å². The van der Waals surface area contributed by atoms with Gasteiger partial charge in [0.25, 0.3) is 0 Å². The summed E-state index contributed by atoms with van der Waals surface area (Å²) in [6.07, 6.45) is 2.32. The molecule has 1 aromatic rings. The molecule has 1 unspecified atom stereocenters. The molecule has 0 saturated carbocycles. The number of aromatic carboxylic acids is 1. The van der Waals surface area contributed by atoms with Gasteiger partial charge in [0.15, 0.2) is 0 Å². The van der Waals surface area contributed by atoms with Gasteiger partial charge in [-0.15, -0.1) is 6.58 Å². The van der Waals surface area contributed by atoms with E-state index in [4.69, 9.17) is 5.11 Å². The van der Waals surface area contributed by atoms with Crippen molar-refractivity contribution in [3.05, 3.63) is 36.4 Å². The molecule has 0 aliphatic carbocycles. The highest BCUT2D eigenvalue weighted by Gasteiger charge is 2.12. The van der Waals surface area contributed by atoms with Crippen molar-refractivity contribution in [2.24, 2.45) is 0 Å². The van der Waals surface area contributed by atoms with Crippen LogP contribution in [0.2, 0.25) is 0 Å². The van der Waals surface area contributed by atoms with E-state index in [1.165, 1.54) is 18.2 Å². The lowest BCUT2D eigenvalue weighted by molar-refractivity contribution is 0.0693. The van der Waals surface area contributed by atoms with Gasteiger partial charge in [-0.25, -0.2) is 9.59 Å². The van der Waals surface area contributed by atoms with Crippen LogP contribution in [0, 0.1) is 0 Å². The Morgan fingerprint density at radius 1 is 1.47 bits per heavy atom. The van der Waals surface area contributed by atoms with Crippen LogP contribution in [0.3, 0.4) is 0 Å². The van der Waals surface area contributed by atoms with E-state index in [2.05, 4.69) is 17.2 Å². The average molecular weight is 264 g/mol. The standard InChI is InChI=1S/C13H16N2O4/c1-3-4-8(2)14-13(19)15-9-5-6-11(16)10(7-9)12(17)18/h3,5-8,16H,1,4H2,2H3,(H,17,18)(H2,14,15,19). The van der Waals surface area contributed by atoms with E-state index in [0.29, 0.717) is 12.1 Å². The molecule has 1 aromatic carbocycles. The van der Waals surface area contributed by atoms with Crippen molar-refractivity contribution in [3.8, 4) is 5.75 Å². The summed E-state index contributed by atoms with van der Waals surface area (Å²) < 4.78 is 0. The fourth-order valence-electron chi connectivity index (χ4n) is 1.48. The van der Waals surface area contributed by atoms with Gasteiger partial charge in [0.1, 0.15) is 11.3 Å². The van der Waals surface area contributed by atoms with Crippen molar-refractivity contribution >= 4 is 17.7 Å². The summed E-state index contributed by atoms with van der Waals surface area (Å²) in [6.45, 7) is 5.39. The number of rotatable bonds is 5. The van der Waals surface area contributed by atoms with E-state index in [1.807, 2.05) is 6.92 Å². The zero-order chi connectivity index (χ0) is 14.4. The van der Waals surface area contributed by atoms with E-state index < -0.39 is 12.0 Å². The number of anilines is 1. The number of urea groups is 1. The topological polar surface area (TPSA) is 98.7 Å². The molecule has 102 valence electrons. The van der Waals surface area contributed by atoms with Crippen LogP contribution in [-0.4, -0.2) is 28.3 Å². The summed E-state index contributed by atoms with van der Waals surface area (Å²) in [4.78, 5) is 22.4. The van der Waals surface area contributed by atoms with Crippen molar-refractivity contribution in [2.45, 2.75) is 19.4 Å². The Kier molecular flexibility index (Phi) is 4.93. The van der Waals surface area contributed by atoms with E-state index in [1.54, 1.807) is 6.08 Å². The minimum atomic E-state index is -1.26. The van der Waals surface area contributed by atoms with Gasteiger partial charge in [0.05, 0.1) is 0 Å². The Hall–Kier alpha value is -2.50. The molecule has 6 heteroatoms. The fourth-order valence-corrected chi connectivity index (χ4v) is 1.48. The first-order valence-corrected chi connectivity index (χ1v) is 5.68. The van der Waals surface area contributed by atoms with Crippen LogP contribution in [0.5, 0.6) is 5.75 Å². The number of carboxylic acids is 1. The molecule has 19 heavy (non-hydrogen) atoms. The Bertz CT molecular complexity index is 499. The molecular formula is C13H16N2O4. The number of carboxylic acid groups (broad SMARTS) is 1. The first kappa shape index (κ1) is 14.6. The number of carbonyl (C=O) groups is 2. The SMILES string of the molecule is C=CCC(C)NC(=O)Nc1ccc(O)c(C(=O)O)c1. The smallest absolute Gasteiger partial charge is 0.339 e. The van der Waals surface area contributed by atoms with Gasteiger partial charge in [-0.3, -0.25) is 0 Å². The van der Waals surface area contributed by atoms with Crippen molar-refractivity contribution in [3.63, 3.8) is 0 Å². The van der Waals surface area contributed by atoms with Gasteiger partial charge in [-0.1, -0.05) is 6.08 Å². The quantitative estimate of drug-likeness (QED) is 0.484. The predicted molar refractivity (Wildman–Crippen MR) is 71.5 cm³/mol. The molecule has 0 heterocycles. The second kappa shape index (κ2) is 6.44. The molecule has 4 N–H and O–H groups in total. The third-order valence-corrected chi connectivity index (χ3v) is 2.38. The molecular weight excluding hydrogens is 248 g/mol. The van der Waals surface area contributed by atoms with Gasteiger partial charge in [-0.2, -0.15) is 0 Å². The summed E-state index contributed by atoms with van der Waals surface area (Å²) >= 11 is 0. The molecule has 1 atom stereocenters. The molecule has 0 radical (unpaired) electrons. The maximum Gasteiger partial charge on any atom is 0.339 e. The number of hydrogen-bond acceptors (Lipinski definition) is 3. The van der Waals surface area contributed by atoms with Crippen molar-refractivity contribution in [1.82, 2.24) is 5.32 Å². The van der Waals surface area contributed by atoms with Crippen LogP contribution in [0.4, 0.5) is 10.5 Å². The number of amides is 2. The van der Waals surface area contributed by atoms with Crippen LogP contribution in [0.15, 0.2) is 30.9 Å². The number of hydrogen-bond donors (Lipinski definition) is 4. The van der Waals surface area contributed by atoms with Gasteiger partial charge in [0, 0.05) is 11.7 Å². The Morgan fingerprint density at radius 3 is 2.74 bits per heavy atom. The van der Waals surface area contributed by atoms with Gasteiger partial charge in [0.2, 0.25) is 0 Å². The molecule has 2 amide bonds. The third-order valence-electron chi connectivity index (χ3n) is 2.38. The zero-order valence-corrected chi connectivity index (χ0v) is 10.5. The zero-order valence-electron chi connectivity index (χ0n) is 10.5. The summed E-state index contributed by atoms with van der Waals surface area (Å²) in [6, 6.07) is 3.30. The van der Waals surface area contributed by atoms with Crippen LogP contribution < -0.4 is 10.6 Å². The summed E-state index contributed by atoms with van der Waals surface area (Å²) in [5.41, 5.74) is 0.0236. The highest BCUT2D eigenvalue weighted by Crippen LogP contribution is 2.21. The Labute approximate surface area is 110 Å². The van der Waals surface area contributed by atoms with Crippen LogP contribution >= 0.6 is 0 Å². The summed E-state index contributed by atoms with van der Waals surface area (Å²) in [5.74, 6) is -1.61. The molecule has 0 spiro atoms. The molecule has 0 aliphatic rings. The first-order valence-electron chi connectivity index (χ1n) is 5.68. The molecule has 0 fully saturated rings. The molecule has 0 aliphatic heterocycles. The van der Waals surface area contributed by atoms with Gasteiger partial charge >= 0.3 is 12.0 Å². The van der Waals surface area contributed by atoms with Crippen LogP contribution in [-0.2, 0) is 0 Å². The lowest BCUT2D eigenvalue weighted by Gasteiger charge is -2.13. The summed E-state index contributed by atoms with van der Waals surface area (Å²) in [5, 5.41) is 23.3. The number of benzene rings is 1. The Morgan fingerprint density at radius 2 is 2.16 bits per heavy atom.